The number of alkyl halides is 3. The third-order valence-electron chi connectivity index (χ3n) is 6.07. The fourth-order valence-corrected chi connectivity index (χ4v) is 4.13. The van der Waals surface area contributed by atoms with Gasteiger partial charge in [-0.3, -0.25) is 4.79 Å². The molecule has 0 spiro atoms. The van der Waals surface area contributed by atoms with Gasteiger partial charge in [0, 0.05) is 25.4 Å². The van der Waals surface area contributed by atoms with Gasteiger partial charge in [-0.05, 0) is 60.9 Å². The molecule has 1 aromatic heterocycles. The summed E-state index contributed by atoms with van der Waals surface area (Å²) in [4.78, 5) is 29.3. The number of halogens is 4. The van der Waals surface area contributed by atoms with Crippen LogP contribution in [0.15, 0.2) is 71.3 Å². The molecule has 1 aliphatic heterocycles. The van der Waals surface area contributed by atoms with Gasteiger partial charge in [0.05, 0.1) is 24.5 Å². The van der Waals surface area contributed by atoms with Gasteiger partial charge in [-0.25, -0.2) is 9.18 Å². The van der Waals surface area contributed by atoms with E-state index in [1.165, 1.54) is 40.3 Å². The summed E-state index contributed by atoms with van der Waals surface area (Å²) in [5.74, 6) is -0.325. The van der Waals surface area contributed by atoms with Crippen LogP contribution >= 0.6 is 0 Å². The Hall–Kier alpha value is -3.86. The van der Waals surface area contributed by atoms with E-state index in [-0.39, 0.29) is 38.0 Å². The number of furan rings is 1. The third-order valence-corrected chi connectivity index (χ3v) is 6.07. The first-order chi connectivity index (χ1) is 18.2. The molecule has 1 unspecified atom stereocenters. The highest BCUT2D eigenvalue weighted by Gasteiger charge is 2.31. The van der Waals surface area contributed by atoms with Gasteiger partial charge in [0.25, 0.3) is 0 Å². The molecule has 0 aliphatic carbocycles. The van der Waals surface area contributed by atoms with Crippen molar-refractivity contribution in [1.82, 2.24) is 9.80 Å². The highest BCUT2D eigenvalue weighted by Crippen LogP contribution is 2.30. The van der Waals surface area contributed by atoms with E-state index in [4.69, 9.17) is 9.15 Å². The Kier molecular flexibility index (Phi) is 8.67. The van der Waals surface area contributed by atoms with Crippen molar-refractivity contribution >= 4 is 17.6 Å². The molecule has 1 aliphatic rings. The highest BCUT2D eigenvalue weighted by atomic mass is 19.4. The van der Waals surface area contributed by atoms with Crippen molar-refractivity contribution in [2.45, 2.75) is 38.2 Å². The number of nitrogens with one attached hydrogen (secondary N) is 1. The summed E-state index contributed by atoms with van der Waals surface area (Å²) in [6, 6.07) is 12.6. The Balaban J connectivity index is 1.52. The molecular weight excluding hydrogens is 506 g/mol. The van der Waals surface area contributed by atoms with Gasteiger partial charge >= 0.3 is 12.2 Å². The maximum atomic E-state index is 13.5. The SMILES string of the molecule is O=C(CN(CC1CCCO1)C(=O)Nc1cccc(C(F)(F)F)c1)N(Cc1ccc(F)cc1)Cc1ccco1. The number of benzene rings is 2. The number of ether oxygens (including phenoxy) is 1. The lowest BCUT2D eigenvalue weighted by molar-refractivity contribution is -0.137. The van der Waals surface area contributed by atoms with Crippen molar-refractivity contribution in [2.75, 3.05) is 25.0 Å². The van der Waals surface area contributed by atoms with Gasteiger partial charge in [-0.2, -0.15) is 13.2 Å². The Morgan fingerprint density at radius 2 is 1.79 bits per heavy atom. The highest BCUT2D eigenvalue weighted by molar-refractivity contribution is 5.92. The van der Waals surface area contributed by atoms with Crippen LogP contribution < -0.4 is 5.32 Å². The molecule has 3 amide bonds. The molecule has 2 aromatic carbocycles. The monoisotopic (exact) mass is 533 g/mol. The van der Waals surface area contributed by atoms with Gasteiger partial charge in [0.1, 0.15) is 18.1 Å². The summed E-state index contributed by atoms with van der Waals surface area (Å²) in [6.45, 7) is 0.486. The van der Waals surface area contributed by atoms with Crippen LogP contribution in [-0.2, 0) is 28.8 Å². The van der Waals surface area contributed by atoms with Crippen molar-refractivity contribution in [1.29, 1.82) is 0 Å². The average Bonchev–Trinajstić information content (AvgIpc) is 3.59. The molecular formula is C27H27F4N3O4. The van der Waals surface area contributed by atoms with E-state index < -0.39 is 29.5 Å². The van der Waals surface area contributed by atoms with Crippen LogP contribution in [0.5, 0.6) is 0 Å². The van der Waals surface area contributed by atoms with Crippen LogP contribution in [0.4, 0.5) is 28.0 Å². The maximum absolute atomic E-state index is 13.5. The average molecular weight is 534 g/mol. The van der Waals surface area contributed by atoms with Crippen molar-refractivity contribution < 1.29 is 36.3 Å². The number of urea groups is 1. The molecule has 3 aromatic rings. The number of rotatable bonds is 9. The zero-order chi connectivity index (χ0) is 27.1. The van der Waals surface area contributed by atoms with Gasteiger partial charge in [-0.1, -0.05) is 18.2 Å². The molecule has 0 radical (unpaired) electrons. The summed E-state index contributed by atoms with van der Waals surface area (Å²) < 4.78 is 63.8. The second-order valence-electron chi connectivity index (χ2n) is 8.98. The molecule has 1 saturated heterocycles. The first kappa shape index (κ1) is 27.2. The summed E-state index contributed by atoms with van der Waals surface area (Å²) >= 11 is 0. The van der Waals surface area contributed by atoms with E-state index in [9.17, 15) is 27.2 Å². The number of amides is 3. The number of carbonyl (C=O) groups excluding carboxylic acids is 2. The predicted molar refractivity (Wildman–Crippen MR) is 130 cm³/mol. The number of anilines is 1. The number of carbonyl (C=O) groups is 2. The lowest BCUT2D eigenvalue weighted by atomic mass is 10.2. The second-order valence-corrected chi connectivity index (χ2v) is 8.98. The van der Waals surface area contributed by atoms with E-state index in [0.717, 1.165) is 18.6 Å². The molecule has 4 rings (SSSR count). The molecule has 1 fully saturated rings. The van der Waals surface area contributed by atoms with Crippen LogP contribution in [-0.4, -0.2) is 47.5 Å². The lowest BCUT2D eigenvalue weighted by Crippen LogP contribution is -2.46. The van der Waals surface area contributed by atoms with E-state index in [1.807, 2.05) is 0 Å². The second kappa shape index (κ2) is 12.1. The topological polar surface area (TPSA) is 75.0 Å². The lowest BCUT2D eigenvalue weighted by Gasteiger charge is -2.29. The molecule has 2 heterocycles. The van der Waals surface area contributed by atoms with Crippen molar-refractivity contribution in [3.05, 3.63) is 89.6 Å². The van der Waals surface area contributed by atoms with Gasteiger partial charge in [0.2, 0.25) is 5.91 Å². The first-order valence-corrected chi connectivity index (χ1v) is 12.1. The van der Waals surface area contributed by atoms with E-state index >= 15 is 0 Å². The Morgan fingerprint density at radius 1 is 1.00 bits per heavy atom. The van der Waals surface area contributed by atoms with Crippen LogP contribution in [0.2, 0.25) is 0 Å². The molecule has 7 nitrogen and oxygen atoms in total. The number of nitrogens with zero attached hydrogens (tertiary/aromatic N) is 2. The largest absolute Gasteiger partial charge is 0.467 e. The molecule has 1 N–H and O–H groups in total. The zero-order valence-electron chi connectivity index (χ0n) is 20.4. The standard InChI is InChI=1S/C27H27F4N3O4/c28-21-10-8-19(9-11-21)15-33(16-23-6-2-12-37-23)25(35)18-34(17-24-7-3-13-38-24)26(36)32-22-5-1-4-20(14-22)27(29,30)31/h1-2,4-6,8-12,14,24H,3,7,13,15-18H2,(H,32,36). The zero-order valence-corrected chi connectivity index (χ0v) is 20.4. The summed E-state index contributed by atoms with van der Waals surface area (Å²) in [5, 5.41) is 2.47. The van der Waals surface area contributed by atoms with E-state index in [0.29, 0.717) is 24.4 Å². The van der Waals surface area contributed by atoms with Crippen molar-refractivity contribution in [3.8, 4) is 0 Å². The molecule has 38 heavy (non-hydrogen) atoms. The Labute approximate surface area is 217 Å². The normalized spacial score (nSPS) is 15.3. The molecule has 0 saturated carbocycles. The van der Waals surface area contributed by atoms with Gasteiger partial charge in [-0.15, -0.1) is 0 Å². The minimum Gasteiger partial charge on any atom is -0.467 e. The molecule has 1 atom stereocenters. The fraction of sp³-hybridized carbons (Fsp3) is 0.333. The van der Waals surface area contributed by atoms with Gasteiger partial charge < -0.3 is 24.3 Å². The van der Waals surface area contributed by atoms with Crippen molar-refractivity contribution in [3.63, 3.8) is 0 Å². The number of hydrogen-bond acceptors (Lipinski definition) is 4. The summed E-state index contributed by atoms with van der Waals surface area (Å²) in [7, 11) is 0. The minimum absolute atomic E-state index is 0.0478. The maximum Gasteiger partial charge on any atom is 0.416 e. The quantitative estimate of drug-likeness (QED) is 0.359. The van der Waals surface area contributed by atoms with Crippen LogP contribution in [0.1, 0.15) is 29.7 Å². The predicted octanol–water partition coefficient (Wildman–Crippen LogP) is 5.68. The Morgan fingerprint density at radius 3 is 2.45 bits per heavy atom. The molecule has 11 heteroatoms. The molecule has 0 bridgehead atoms. The van der Waals surface area contributed by atoms with Crippen LogP contribution in [0.25, 0.3) is 0 Å². The molecule has 202 valence electrons. The van der Waals surface area contributed by atoms with E-state index in [1.54, 1.807) is 24.3 Å². The Bertz CT molecular complexity index is 1210. The third kappa shape index (κ3) is 7.58. The van der Waals surface area contributed by atoms with E-state index in [2.05, 4.69) is 5.32 Å². The smallest absolute Gasteiger partial charge is 0.416 e. The summed E-state index contributed by atoms with van der Waals surface area (Å²) in [6.07, 6.45) is -1.90. The van der Waals surface area contributed by atoms with Gasteiger partial charge in [0.15, 0.2) is 0 Å². The minimum atomic E-state index is -4.57. The fourth-order valence-electron chi connectivity index (χ4n) is 4.13. The first-order valence-electron chi connectivity index (χ1n) is 12.1. The van der Waals surface area contributed by atoms with Crippen LogP contribution in [0.3, 0.4) is 0 Å². The number of hydrogen-bond donors (Lipinski definition) is 1. The van der Waals surface area contributed by atoms with Crippen LogP contribution in [0, 0.1) is 5.82 Å². The van der Waals surface area contributed by atoms with Crippen molar-refractivity contribution in [2.24, 2.45) is 0 Å². The summed E-state index contributed by atoms with van der Waals surface area (Å²) in [5.41, 5.74) is -0.278.